The van der Waals surface area contributed by atoms with E-state index in [0.717, 1.165) is 44.9 Å². The first-order valence-electron chi connectivity index (χ1n) is 23.7. The van der Waals surface area contributed by atoms with Crippen LogP contribution in [0.25, 0.3) is 99.4 Å². The standard InChI is InChI=1S/C68H47N/c1-7-21-48(22-8-1)56-41-57(49-23-9-2-10-24-49)44-61(43-56)69(62-45-58(50-25-11-3-12-26-50)42-59(46-62)51-27-13-4-14-28-51)60-38-35-52(36-39-60)55-37-40-65-66(47-55)63-33-19-20-34-64(63)67(53-29-15-5-16-30-53)68(65)54-31-17-6-18-32-54/h1-47H. The van der Waals surface area contributed by atoms with Crippen molar-refractivity contribution in [1.82, 2.24) is 0 Å². The van der Waals surface area contributed by atoms with Gasteiger partial charge in [0.2, 0.25) is 0 Å². The number of hydrogen-bond acceptors (Lipinski definition) is 1. The molecule has 0 amide bonds. The Morgan fingerprint density at radius 2 is 0.464 bits per heavy atom. The molecule has 0 saturated heterocycles. The molecule has 0 aliphatic heterocycles. The largest absolute Gasteiger partial charge is 0.310 e. The molecular formula is C68H47N. The van der Waals surface area contributed by atoms with Crippen LogP contribution in [-0.2, 0) is 0 Å². The van der Waals surface area contributed by atoms with Crippen molar-refractivity contribution >= 4 is 38.6 Å². The maximum Gasteiger partial charge on any atom is 0.0473 e. The fraction of sp³-hybridized carbons (Fsp3) is 0. The summed E-state index contributed by atoms with van der Waals surface area (Å²) in [5.41, 5.74) is 19.8. The van der Waals surface area contributed by atoms with Gasteiger partial charge in [-0.15, -0.1) is 0 Å². The van der Waals surface area contributed by atoms with Gasteiger partial charge in [-0.2, -0.15) is 0 Å². The van der Waals surface area contributed by atoms with E-state index in [1.165, 1.54) is 71.6 Å². The van der Waals surface area contributed by atoms with Gasteiger partial charge >= 0.3 is 0 Å². The van der Waals surface area contributed by atoms with Crippen LogP contribution in [0.4, 0.5) is 17.1 Å². The van der Waals surface area contributed by atoms with Crippen molar-refractivity contribution in [1.29, 1.82) is 0 Å². The molecule has 324 valence electrons. The molecule has 0 aliphatic carbocycles. The Morgan fingerprint density at radius 1 is 0.159 bits per heavy atom. The molecule has 0 saturated carbocycles. The molecule has 0 fully saturated rings. The van der Waals surface area contributed by atoms with Crippen LogP contribution in [0.15, 0.2) is 285 Å². The molecule has 12 aromatic rings. The van der Waals surface area contributed by atoms with Crippen molar-refractivity contribution in [2.75, 3.05) is 4.90 Å². The molecule has 12 aromatic carbocycles. The number of benzene rings is 12. The molecule has 0 bridgehead atoms. The minimum atomic E-state index is 1.07. The van der Waals surface area contributed by atoms with E-state index < -0.39 is 0 Å². The van der Waals surface area contributed by atoms with E-state index in [1.807, 2.05) is 0 Å². The van der Waals surface area contributed by atoms with Gasteiger partial charge in [-0.25, -0.2) is 0 Å². The molecule has 0 radical (unpaired) electrons. The summed E-state index contributed by atoms with van der Waals surface area (Å²) in [5.74, 6) is 0. The molecule has 0 aromatic heterocycles. The average molecular weight is 878 g/mol. The summed E-state index contributed by atoms with van der Waals surface area (Å²) in [6.07, 6.45) is 0. The lowest BCUT2D eigenvalue weighted by atomic mass is 9.84. The summed E-state index contributed by atoms with van der Waals surface area (Å²) >= 11 is 0. The van der Waals surface area contributed by atoms with Crippen LogP contribution < -0.4 is 4.90 Å². The highest BCUT2D eigenvalue weighted by molar-refractivity contribution is 6.22. The van der Waals surface area contributed by atoms with Gasteiger partial charge in [-0.05, 0) is 154 Å². The lowest BCUT2D eigenvalue weighted by molar-refractivity contribution is 1.28. The third-order valence-electron chi connectivity index (χ3n) is 13.4. The van der Waals surface area contributed by atoms with Crippen LogP contribution in [0.5, 0.6) is 0 Å². The summed E-state index contributed by atoms with van der Waals surface area (Å²) in [7, 11) is 0. The topological polar surface area (TPSA) is 3.24 Å². The van der Waals surface area contributed by atoms with Crippen LogP contribution in [-0.4, -0.2) is 0 Å². The van der Waals surface area contributed by atoms with E-state index in [4.69, 9.17) is 0 Å². The van der Waals surface area contributed by atoms with Gasteiger partial charge in [0.15, 0.2) is 0 Å². The zero-order valence-corrected chi connectivity index (χ0v) is 38.1. The van der Waals surface area contributed by atoms with Crippen LogP contribution >= 0.6 is 0 Å². The minimum absolute atomic E-state index is 1.07. The molecule has 1 nitrogen and oxygen atoms in total. The number of hydrogen-bond donors (Lipinski definition) is 0. The molecule has 1 heteroatoms. The predicted octanol–water partition coefficient (Wildman–Crippen LogP) is 19.1. The molecular weight excluding hydrogens is 831 g/mol. The summed E-state index contributed by atoms with van der Waals surface area (Å²) in [6, 6.07) is 104. The van der Waals surface area contributed by atoms with Crippen molar-refractivity contribution in [2.45, 2.75) is 0 Å². The van der Waals surface area contributed by atoms with Crippen molar-refractivity contribution < 1.29 is 0 Å². The number of rotatable bonds is 10. The van der Waals surface area contributed by atoms with E-state index in [-0.39, 0.29) is 0 Å². The minimum Gasteiger partial charge on any atom is -0.310 e. The first-order chi connectivity index (χ1) is 34.2. The van der Waals surface area contributed by atoms with Crippen molar-refractivity contribution in [3.8, 4) is 77.9 Å². The van der Waals surface area contributed by atoms with E-state index in [1.54, 1.807) is 0 Å². The molecule has 69 heavy (non-hydrogen) atoms. The Hall–Kier alpha value is -9.04. The van der Waals surface area contributed by atoms with Crippen molar-refractivity contribution in [3.63, 3.8) is 0 Å². The van der Waals surface area contributed by atoms with Crippen molar-refractivity contribution in [3.05, 3.63) is 285 Å². The zero-order chi connectivity index (χ0) is 45.9. The van der Waals surface area contributed by atoms with Gasteiger partial charge in [0.25, 0.3) is 0 Å². The maximum absolute atomic E-state index is 2.44. The second kappa shape index (κ2) is 18.3. The lowest BCUT2D eigenvalue weighted by Gasteiger charge is -2.28. The van der Waals surface area contributed by atoms with Crippen LogP contribution in [0.3, 0.4) is 0 Å². The SMILES string of the molecule is c1ccc(-c2cc(-c3ccccc3)cc(N(c3ccc(-c4ccc5c(-c6ccccc6)c(-c6ccccc6)c6ccccc6c5c4)cc3)c3cc(-c4ccccc4)cc(-c4ccccc4)c3)c2)cc1. The Labute approximate surface area is 404 Å². The molecule has 0 unspecified atom stereocenters. The number of nitrogens with zero attached hydrogens (tertiary/aromatic N) is 1. The van der Waals surface area contributed by atoms with Gasteiger partial charge in [0.05, 0.1) is 0 Å². The van der Waals surface area contributed by atoms with Gasteiger partial charge in [0.1, 0.15) is 0 Å². The van der Waals surface area contributed by atoms with E-state index in [2.05, 4.69) is 290 Å². The van der Waals surface area contributed by atoms with E-state index in [0.29, 0.717) is 0 Å². The summed E-state index contributed by atoms with van der Waals surface area (Å²) in [6.45, 7) is 0. The van der Waals surface area contributed by atoms with E-state index >= 15 is 0 Å². The second-order valence-corrected chi connectivity index (χ2v) is 17.7. The maximum atomic E-state index is 2.44. The summed E-state index contributed by atoms with van der Waals surface area (Å²) in [5, 5.41) is 4.98. The highest BCUT2D eigenvalue weighted by Crippen LogP contribution is 2.47. The summed E-state index contributed by atoms with van der Waals surface area (Å²) in [4.78, 5) is 2.44. The smallest absolute Gasteiger partial charge is 0.0473 e. The Balaban J connectivity index is 1.05. The second-order valence-electron chi connectivity index (χ2n) is 17.7. The molecule has 0 spiro atoms. The number of fused-ring (bicyclic) bond motifs is 3. The Morgan fingerprint density at radius 3 is 0.855 bits per heavy atom. The van der Waals surface area contributed by atoms with Gasteiger partial charge < -0.3 is 4.90 Å². The van der Waals surface area contributed by atoms with Crippen LogP contribution in [0, 0.1) is 0 Å². The first-order valence-corrected chi connectivity index (χ1v) is 23.7. The van der Waals surface area contributed by atoms with Gasteiger partial charge in [0, 0.05) is 17.1 Å². The zero-order valence-electron chi connectivity index (χ0n) is 38.1. The number of anilines is 3. The van der Waals surface area contributed by atoms with Crippen LogP contribution in [0.1, 0.15) is 0 Å². The molecule has 0 heterocycles. The molecule has 0 aliphatic rings. The van der Waals surface area contributed by atoms with Gasteiger partial charge in [-0.3, -0.25) is 0 Å². The molecule has 0 atom stereocenters. The lowest BCUT2D eigenvalue weighted by Crippen LogP contribution is -2.11. The Bertz CT molecular complexity index is 3480. The van der Waals surface area contributed by atoms with Crippen molar-refractivity contribution in [2.24, 2.45) is 0 Å². The third-order valence-corrected chi connectivity index (χ3v) is 13.4. The summed E-state index contributed by atoms with van der Waals surface area (Å²) < 4.78 is 0. The monoisotopic (exact) mass is 877 g/mol. The quantitative estimate of drug-likeness (QED) is 0.124. The molecule has 12 rings (SSSR count). The average Bonchev–Trinajstić information content (AvgIpc) is 3.44. The first kappa shape index (κ1) is 41.4. The highest BCUT2D eigenvalue weighted by atomic mass is 15.1. The van der Waals surface area contributed by atoms with Crippen LogP contribution in [0.2, 0.25) is 0 Å². The predicted molar refractivity (Wildman–Crippen MR) is 294 cm³/mol. The fourth-order valence-electron chi connectivity index (χ4n) is 10.1. The fourth-order valence-corrected chi connectivity index (χ4v) is 10.1. The normalized spacial score (nSPS) is 11.2. The van der Waals surface area contributed by atoms with E-state index in [9.17, 15) is 0 Å². The molecule has 0 N–H and O–H groups in total. The van der Waals surface area contributed by atoms with Gasteiger partial charge in [-0.1, -0.05) is 231 Å². The third kappa shape index (κ3) is 8.18. The highest BCUT2D eigenvalue weighted by Gasteiger charge is 2.21. The Kier molecular flexibility index (Phi) is 11.0.